The van der Waals surface area contributed by atoms with Crippen LogP contribution in [0.4, 0.5) is 0 Å². The fraction of sp³-hybridized carbons (Fsp3) is 0.650. The van der Waals surface area contributed by atoms with E-state index < -0.39 is 0 Å². The molecule has 1 amide bonds. The third-order valence-corrected chi connectivity index (χ3v) is 5.44. The van der Waals surface area contributed by atoms with Crippen molar-refractivity contribution in [1.82, 2.24) is 15.5 Å². The molecular formula is C20H32ClN3O. The number of rotatable bonds is 5. The molecule has 5 heteroatoms. The summed E-state index contributed by atoms with van der Waals surface area (Å²) in [5.74, 6) is 0.772. The predicted octanol–water partition coefficient (Wildman–Crippen LogP) is 2.81. The molecule has 0 aromatic heterocycles. The lowest BCUT2D eigenvalue weighted by molar-refractivity contribution is -0.123. The van der Waals surface area contributed by atoms with E-state index in [0.717, 1.165) is 39.0 Å². The summed E-state index contributed by atoms with van der Waals surface area (Å²) in [7, 11) is 0. The molecule has 0 aliphatic carbocycles. The van der Waals surface area contributed by atoms with Crippen molar-refractivity contribution in [2.75, 3.05) is 26.2 Å². The molecule has 2 saturated heterocycles. The Labute approximate surface area is 158 Å². The molecule has 1 aromatic carbocycles. The van der Waals surface area contributed by atoms with Gasteiger partial charge in [0.25, 0.3) is 0 Å². The van der Waals surface area contributed by atoms with Gasteiger partial charge in [0, 0.05) is 19.6 Å². The molecule has 0 radical (unpaired) electrons. The highest BCUT2D eigenvalue weighted by Gasteiger charge is 2.24. The minimum Gasteiger partial charge on any atom is -0.354 e. The maximum Gasteiger partial charge on any atom is 0.237 e. The first-order valence-corrected chi connectivity index (χ1v) is 9.41. The summed E-state index contributed by atoms with van der Waals surface area (Å²) in [6.45, 7) is 9.44. The molecule has 0 spiro atoms. The first-order valence-electron chi connectivity index (χ1n) is 9.41. The summed E-state index contributed by atoms with van der Waals surface area (Å²) >= 11 is 0. The Morgan fingerprint density at radius 1 is 1.28 bits per heavy atom. The molecule has 0 saturated carbocycles. The van der Waals surface area contributed by atoms with E-state index >= 15 is 0 Å². The molecule has 2 aliphatic rings. The predicted molar refractivity (Wildman–Crippen MR) is 105 cm³/mol. The number of carbonyl (C=O) groups is 1. The number of aryl methyl sites for hydroxylation is 2. The lowest BCUT2D eigenvalue weighted by Crippen LogP contribution is -2.45. The van der Waals surface area contributed by atoms with E-state index in [2.05, 4.69) is 47.6 Å². The molecule has 25 heavy (non-hydrogen) atoms. The molecule has 140 valence electrons. The van der Waals surface area contributed by atoms with E-state index in [1.54, 1.807) is 0 Å². The number of hydrogen-bond donors (Lipinski definition) is 2. The van der Waals surface area contributed by atoms with Gasteiger partial charge in [-0.05, 0) is 69.7 Å². The van der Waals surface area contributed by atoms with E-state index in [1.165, 1.54) is 36.1 Å². The highest BCUT2D eigenvalue weighted by atomic mass is 35.5. The maximum absolute atomic E-state index is 12.1. The van der Waals surface area contributed by atoms with Crippen LogP contribution < -0.4 is 10.6 Å². The monoisotopic (exact) mass is 365 g/mol. The Morgan fingerprint density at radius 3 is 2.84 bits per heavy atom. The average molecular weight is 366 g/mol. The quantitative estimate of drug-likeness (QED) is 0.843. The highest BCUT2D eigenvalue weighted by molar-refractivity contribution is 5.85. The van der Waals surface area contributed by atoms with Gasteiger partial charge in [0.2, 0.25) is 5.91 Å². The van der Waals surface area contributed by atoms with Gasteiger partial charge in [-0.25, -0.2) is 0 Å². The standard InChI is InChI=1S/C20H31N3O.ClH/c1-15-7-8-18(16(2)11-15)14-23-10-4-5-17(13-23)12-22-20(24)19-6-3-9-21-19;/h7-8,11,17,19,21H,3-6,9-10,12-14H2,1-2H3,(H,22,24);1H. The largest absolute Gasteiger partial charge is 0.354 e. The maximum atomic E-state index is 12.1. The van der Waals surface area contributed by atoms with Gasteiger partial charge < -0.3 is 10.6 Å². The number of carbonyl (C=O) groups excluding carboxylic acids is 1. The summed E-state index contributed by atoms with van der Waals surface area (Å²) in [6.07, 6.45) is 4.55. The topological polar surface area (TPSA) is 44.4 Å². The van der Waals surface area contributed by atoms with Gasteiger partial charge in [0.1, 0.15) is 0 Å². The van der Waals surface area contributed by atoms with Gasteiger partial charge in [-0.15, -0.1) is 12.4 Å². The molecular weight excluding hydrogens is 334 g/mol. The summed E-state index contributed by atoms with van der Waals surface area (Å²) in [4.78, 5) is 14.7. The molecule has 2 atom stereocenters. The zero-order valence-corrected chi connectivity index (χ0v) is 16.3. The van der Waals surface area contributed by atoms with E-state index in [1.807, 2.05) is 0 Å². The Hall–Kier alpha value is -1.10. The first kappa shape index (κ1) is 20.2. The van der Waals surface area contributed by atoms with Gasteiger partial charge in [-0.1, -0.05) is 23.8 Å². The number of amides is 1. The molecule has 2 heterocycles. The number of benzene rings is 1. The van der Waals surface area contributed by atoms with Crippen molar-refractivity contribution in [2.24, 2.45) is 5.92 Å². The smallest absolute Gasteiger partial charge is 0.237 e. The van der Waals surface area contributed by atoms with Crippen LogP contribution in [0.5, 0.6) is 0 Å². The van der Waals surface area contributed by atoms with Crippen LogP contribution in [-0.2, 0) is 11.3 Å². The van der Waals surface area contributed by atoms with Crippen molar-refractivity contribution in [3.8, 4) is 0 Å². The molecule has 0 bridgehead atoms. The molecule has 3 rings (SSSR count). The van der Waals surface area contributed by atoms with Crippen LogP contribution in [0.2, 0.25) is 0 Å². The van der Waals surface area contributed by atoms with Crippen molar-refractivity contribution < 1.29 is 4.79 Å². The molecule has 4 nitrogen and oxygen atoms in total. The third-order valence-electron chi connectivity index (χ3n) is 5.44. The van der Waals surface area contributed by atoms with Crippen LogP contribution in [0.15, 0.2) is 18.2 Å². The van der Waals surface area contributed by atoms with Crippen LogP contribution in [0.3, 0.4) is 0 Å². The van der Waals surface area contributed by atoms with Crippen molar-refractivity contribution in [3.05, 3.63) is 34.9 Å². The number of likely N-dealkylation sites (tertiary alicyclic amines) is 1. The molecule has 2 aliphatic heterocycles. The van der Waals surface area contributed by atoms with Gasteiger partial charge in [-0.3, -0.25) is 9.69 Å². The summed E-state index contributed by atoms with van der Waals surface area (Å²) in [5, 5.41) is 6.44. The highest BCUT2D eigenvalue weighted by Crippen LogP contribution is 2.20. The van der Waals surface area contributed by atoms with Gasteiger partial charge >= 0.3 is 0 Å². The Kier molecular flexibility index (Phi) is 7.73. The van der Waals surface area contributed by atoms with E-state index in [0.29, 0.717) is 5.92 Å². The van der Waals surface area contributed by atoms with Crippen LogP contribution in [-0.4, -0.2) is 43.0 Å². The zero-order chi connectivity index (χ0) is 16.9. The van der Waals surface area contributed by atoms with Crippen molar-refractivity contribution in [2.45, 2.75) is 52.1 Å². The molecule has 1 aromatic rings. The van der Waals surface area contributed by atoms with E-state index in [4.69, 9.17) is 0 Å². The Bertz CT molecular complexity index is 572. The minimum absolute atomic E-state index is 0. The lowest BCUT2D eigenvalue weighted by Gasteiger charge is -2.33. The summed E-state index contributed by atoms with van der Waals surface area (Å²) < 4.78 is 0. The Balaban J connectivity index is 0.00000225. The Morgan fingerprint density at radius 2 is 2.12 bits per heavy atom. The van der Waals surface area contributed by atoms with Crippen molar-refractivity contribution in [3.63, 3.8) is 0 Å². The fourth-order valence-corrected chi connectivity index (χ4v) is 4.00. The second kappa shape index (κ2) is 9.56. The van der Waals surface area contributed by atoms with Crippen LogP contribution in [0.1, 0.15) is 42.4 Å². The number of nitrogens with zero attached hydrogens (tertiary/aromatic N) is 1. The summed E-state index contributed by atoms with van der Waals surface area (Å²) in [6, 6.07) is 6.78. The number of hydrogen-bond acceptors (Lipinski definition) is 3. The number of piperidine rings is 1. The van der Waals surface area contributed by atoms with Crippen molar-refractivity contribution >= 4 is 18.3 Å². The second-order valence-electron chi connectivity index (χ2n) is 7.57. The molecule has 2 fully saturated rings. The average Bonchev–Trinajstić information content (AvgIpc) is 3.10. The number of nitrogens with one attached hydrogen (secondary N) is 2. The normalized spacial score (nSPS) is 23.9. The van der Waals surface area contributed by atoms with Crippen LogP contribution in [0, 0.1) is 19.8 Å². The zero-order valence-electron chi connectivity index (χ0n) is 15.5. The third kappa shape index (κ3) is 5.70. The molecule has 2 unspecified atom stereocenters. The summed E-state index contributed by atoms with van der Waals surface area (Å²) in [5.41, 5.74) is 4.15. The van der Waals surface area contributed by atoms with E-state index in [-0.39, 0.29) is 24.4 Å². The second-order valence-corrected chi connectivity index (χ2v) is 7.57. The van der Waals surface area contributed by atoms with Crippen LogP contribution >= 0.6 is 12.4 Å². The number of halogens is 1. The fourth-order valence-electron chi connectivity index (χ4n) is 4.00. The molecule has 2 N–H and O–H groups in total. The lowest BCUT2D eigenvalue weighted by atomic mass is 9.96. The van der Waals surface area contributed by atoms with Gasteiger partial charge in [0.05, 0.1) is 6.04 Å². The first-order chi connectivity index (χ1) is 11.6. The van der Waals surface area contributed by atoms with E-state index in [9.17, 15) is 4.79 Å². The van der Waals surface area contributed by atoms with Gasteiger partial charge in [0.15, 0.2) is 0 Å². The van der Waals surface area contributed by atoms with Crippen LogP contribution in [0.25, 0.3) is 0 Å². The van der Waals surface area contributed by atoms with Gasteiger partial charge in [-0.2, -0.15) is 0 Å². The SMILES string of the molecule is Cc1ccc(CN2CCCC(CNC(=O)C3CCCN3)C2)c(C)c1.Cl. The van der Waals surface area contributed by atoms with Crippen molar-refractivity contribution in [1.29, 1.82) is 0 Å². The minimum atomic E-state index is 0.